The number of hydrogen-bond acceptors (Lipinski definition) is 4. The average Bonchev–Trinajstić information content (AvgIpc) is 2.93. The molecule has 40 heavy (non-hydrogen) atoms. The molecule has 0 aromatic heterocycles. The minimum atomic E-state index is -4.11. The Morgan fingerprint density at radius 2 is 1.55 bits per heavy atom. The van der Waals surface area contributed by atoms with Gasteiger partial charge in [0.1, 0.15) is 12.6 Å². The van der Waals surface area contributed by atoms with Gasteiger partial charge in [0, 0.05) is 18.1 Å². The number of carbonyl (C=O) groups is 2. The summed E-state index contributed by atoms with van der Waals surface area (Å²) in [6.45, 7) is 7.99. The minimum Gasteiger partial charge on any atom is -0.354 e. The lowest BCUT2D eigenvalue weighted by molar-refractivity contribution is -0.139. The Balaban J connectivity index is 1.99. The van der Waals surface area contributed by atoms with Crippen LogP contribution in [0, 0.1) is 12.8 Å². The predicted molar refractivity (Wildman–Crippen MR) is 161 cm³/mol. The number of halogens is 1. The van der Waals surface area contributed by atoms with Crippen molar-refractivity contribution in [2.24, 2.45) is 5.92 Å². The molecule has 0 spiro atoms. The van der Waals surface area contributed by atoms with Gasteiger partial charge >= 0.3 is 0 Å². The number of amides is 2. The van der Waals surface area contributed by atoms with Crippen molar-refractivity contribution in [2.75, 3.05) is 23.9 Å². The minimum absolute atomic E-state index is 0.0680. The zero-order chi connectivity index (χ0) is 29.3. The van der Waals surface area contributed by atoms with E-state index in [-0.39, 0.29) is 23.3 Å². The molecule has 7 nitrogen and oxygen atoms in total. The maximum absolute atomic E-state index is 14.0. The Kier molecular flexibility index (Phi) is 11.2. The molecule has 0 bridgehead atoms. The van der Waals surface area contributed by atoms with Crippen molar-refractivity contribution in [1.29, 1.82) is 0 Å². The van der Waals surface area contributed by atoms with Crippen molar-refractivity contribution in [3.8, 4) is 0 Å². The lowest BCUT2D eigenvalue weighted by atomic mass is 10.1. The number of sulfonamides is 1. The summed E-state index contributed by atoms with van der Waals surface area (Å²) in [5.74, 6) is -0.472. The van der Waals surface area contributed by atoms with E-state index in [1.165, 1.54) is 17.0 Å². The summed E-state index contributed by atoms with van der Waals surface area (Å²) in [5.41, 5.74) is 2.23. The zero-order valence-corrected chi connectivity index (χ0v) is 25.1. The third kappa shape index (κ3) is 8.32. The zero-order valence-electron chi connectivity index (χ0n) is 23.5. The predicted octanol–water partition coefficient (Wildman–Crippen LogP) is 5.47. The Morgan fingerprint density at radius 3 is 2.12 bits per heavy atom. The Bertz CT molecular complexity index is 1360. The van der Waals surface area contributed by atoms with Crippen LogP contribution in [0.4, 0.5) is 5.69 Å². The van der Waals surface area contributed by atoms with Crippen LogP contribution in [0.2, 0.25) is 5.02 Å². The van der Waals surface area contributed by atoms with Crippen LogP contribution in [0.25, 0.3) is 0 Å². The number of carbonyl (C=O) groups excluding carboxylic acids is 2. The second kappa shape index (κ2) is 14.3. The van der Waals surface area contributed by atoms with E-state index < -0.39 is 28.5 Å². The summed E-state index contributed by atoms with van der Waals surface area (Å²) in [6.07, 6.45) is 0.905. The third-order valence-corrected chi connectivity index (χ3v) is 8.60. The standard InChI is InChI=1S/C31H38ClN3O4S/c1-5-29(31(37)33-21-23(2)3)34(20-19-25-9-7-6-8-10-25)30(36)22-35(27-15-13-26(32)14-16-27)40(38,39)28-17-11-24(4)12-18-28/h6-18,23,29H,5,19-22H2,1-4H3,(H,33,37). The second-order valence-corrected chi connectivity index (χ2v) is 12.5. The molecule has 0 saturated carbocycles. The van der Waals surface area contributed by atoms with Crippen molar-refractivity contribution in [2.45, 2.75) is 51.5 Å². The molecular weight excluding hydrogens is 546 g/mol. The van der Waals surface area contributed by atoms with Gasteiger partial charge in [-0.05, 0) is 67.6 Å². The summed E-state index contributed by atoms with van der Waals surface area (Å²) in [6, 6.07) is 21.7. The van der Waals surface area contributed by atoms with Crippen LogP contribution in [0.1, 0.15) is 38.3 Å². The molecule has 2 amide bonds. The van der Waals surface area contributed by atoms with Crippen molar-refractivity contribution >= 4 is 39.1 Å². The summed E-state index contributed by atoms with van der Waals surface area (Å²) in [4.78, 5) is 28.8. The fraction of sp³-hybridized carbons (Fsp3) is 0.355. The van der Waals surface area contributed by atoms with E-state index in [9.17, 15) is 18.0 Å². The summed E-state index contributed by atoms with van der Waals surface area (Å²) in [7, 11) is -4.11. The number of hydrogen-bond donors (Lipinski definition) is 1. The number of rotatable bonds is 13. The molecule has 214 valence electrons. The highest BCUT2D eigenvalue weighted by Gasteiger charge is 2.33. The van der Waals surface area contributed by atoms with Gasteiger partial charge in [0.05, 0.1) is 10.6 Å². The van der Waals surface area contributed by atoms with E-state index in [0.29, 0.717) is 30.1 Å². The topological polar surface area (TPSA) is 86.8 Å². The highest BCUT2D eigenvalue weighted by Crippen LogP contribution is 2.26. The molecule has 3 aromatic carbocycles. The van der Waals surface area contributed by atoms with Gasteiger partial charge in [0.15, 0.2) is 0 Å². The molecule has 0 heterocycles. The van der Waals surface area contributed by atoms with E-state index in [2.05, 4.69) is 5.32 Å². The molecule has 1 atom stereocenters. The van der Waals surface area contributed by atoms with Crippen molar-refractivity contribution in [1.82, 2.24) is 10.2 Å². The number of benzene rings is 3. The smallest absolute Gasteiger partial charge is 0.264 e. The summed E-state index contributed by atoms with van der Waals surface area (Å²) >= 11 is 6.08. The number of nitrogens with zero attached hydrogens (tertiary/aromatic N) is 2. The van der Waals surface area contributed by atoms with Gasteiger partial charge in [-0.15, -0.1) is 0 Å². The van der Waals surface area contributed by atoms with Gasteiger partial charge in [-0.1, -0.05) is 80.4 Å². The van der Waals surface area contributed by atoms with Crippen molar-refractivity contribution < 1.29 is 18.0 Å². The second-order valence-electron chi connectivity index (χ2n) is 10.2. The summed E-state index contributed by atoms with van der Waals surface area (Å²) in [5, 5.41) is 3.38. The Morgan fingerprint density at radius 1 is 0.925 bits per heavy atom. The first-order valence-corrected chi connectivity index (χ1v) is 15.3. The molecule has 1 unspecified atom stereocenters. The van der Waals surface area contributed by atoms with Gasteiger partial charge in [0.25, 0.3) is 10.0 Å². The molecule has 0 aliphatic carbocycles. The molecule has 3 aromatic rings. The fourth-order valence-corrected chi connectivity index (χ4v) is 5.83. The van der Waals surface area contributed by atoms with Crippen LogP contribution < -0.4 is 9.62 Å². The normalized spacial score (nSPS) is 12.2. The number of aryl methyl sites for hydroxylation is 1. The van der Waals surface area contributed by atoms with Gasteiger partial charge in [-0.25, -0.2) is 8.42 Å². The third-order valence-electron chi connectivity index (χ3n) is 6.56. The molecule has 0 aliphatic heterocycles. The largest absolute Gasteiger partial charge is 0.354 e. The van der Waals surface area contributed by atoms with Crippen LogP contribution in [-0.4, -0.2) is 50.8 Å². The number of nitrogens with one attached hydrogen (secondary N) is 1. The Hall–Kier alpha value is -3.36. The lowest BCUT2D eigenvalue weighted by Gasteiger charge is -2.33. The van der Waals surface area contributed by atoms with Gasteiger partial charge < -0.3 is 10.2 Å². The van der Waals surface area contributed by atoms with Crippen molar-refractivity contribution in [3.63, 3.8) is 0 Å². The van der Waals surface area contributed by atoms with Gasteiger partial charge in [-0.3, -0.25) is 13.9 Å². The fourth-order valence-electron chi connectivity index (χ4n) is 4.29. The lowest BCUT2D eigenvalue weighted by Crippen LogP contribution is -2.53. The van der Waals surface area contributed by atoms with Gasteiger partial charge in [-0.2, -0.15) is 0 Å². The van der Waals surface area contributed by atoms with Crippen LogP contribution in [0.15, 0.2) is 83.8 Å². The summed E-state index contributed by atoms with van der Waals surface area (Å²) < 4.78 is 28.8. The maximum Gasteiger partial charge on any atom is 0.264 e. The highest BCUT2D eigenvalue weighted by molar-refractivity contribution is 7.92. The van der Waals surface area contributed by atoms with Crippen molar-refractivity contribution in [3.05, 3.63) is 95.0 Å². The monoisotopic (exact) mass is 583 g/mol. The SMILES string of the molecule is CCC(C(=O)NCC(C)C)N(CCc1ccccc1)C(=O)CN(c1ccc(Cl)cc1)S(=O)(=O)c1ccc(C)cc1. The molecule has 9 heteroatoms. The molecule has 0 saturated heterocycles. The van der Waals surface area contributed by atoms with Crippen LogP contribution >= 0.6 is 11.6 Å². The van der Waals surface area contributed by atoms with E-state index in [1.807, 2.05) is 58.0 Å². The highest BCUT2D eigenvalue weighted by atomic mass is 35.5. The van der Waals surface area contributed by atoms with Crippen LogP contribution in [-0.2, 0) is 26.0 Å². The van der Waals surface area contributed by atoms with Crippen LogP contribution in [0.5, 0.6) is 0 Å². The van der Waals surface area contributed by atoms with E-state index in [0.717, 1.165) is 15.4 Å². The maximum atomic E-state index is 14.0. The first-order valence-electron chi connectivity index (χ1n) is 13.5. The van der Waals surface area contributed by atoms with E-state index >= 15 is 0 Å². The molecule has 1 N–H and O–H groups in total. The molecule has 0 aliphatic rings. The first-order chi connectivity index (χ1) is 19.0. The molecule has 0 fully saturated rings. The van der Waals surface area contributed by atoms with E-state index in [1.54, 1.807) is 36.4 Å². The number of anilines is 1. The van der Waals surface area contributed by atoms with Crippen LogP contribution in [0.3, 0.4) is 0 Å². The first kappa shape index (κ1) is 31.2. The molecular formula is C31H38ClN3O4S. The average molecular weight is 584 g/mol. The van der Waals surface area contributed by atoms with E-state index in [4.69, 9.17) is 11.6 Å². The Labute approximate surface area is 243 Å². The van der Waals surface area contributed by atoms with Gasteiger partial charge in [0.2, 0.25) is 11.8 Å². The quantitative estimate of drug-likeness (QED) is 0.289. The molecule has 0 radical (unpaired) electrons. The molecule has 3 rings (SSSR count).